The van der Waals surface area contributed by atoms with Crippen molar-refractivity contribution in [1.29, 1.82) is 0 Å². The Bertz CT molecular complexity index is 1470. The van der Waals surface area contributed by atoms with Crippen LogP contribution in [0.25, 0.3) is 11.4 Å². The molecule has 1 atom stereocenters. The Morgan fingerprint density at radius 1 is 1.03 bits per heavy atom. The van der Waals surface area contributed by atoms with Crippen LogP contribution >= 0.6 is 0 Å². The standard InChI is InChI=1S/C25H17F3N6O2/c1-14-20-21(34-33-14)24(32-22(31-20)16-6-4-10-29-13-16)36-19-9-2-5-15(11-19)23(35)30-18-8-3-7-17(12-18)25(26,27)28/h2-14H,1H3,(H,30,35). The maximum atomic E-state index is 13.0. The molecular weight excluding hydrogens is 473 g/mol. The Hall–Kier alpha value is -4.67. The third-order valence-corrected chi connectivity index (χ3v) is 5.28. The van der Waals surface area contributed by atoms with Crippen molar-refractivity contribution in [2.45, 2.75) is 19.1 Å². The fourth-order valence-corrected chi connectivity index (χ4v) is 3.52. The first-order valence-electron chi connectivity index (χ1n) is 10.8. The van der Waals surface area contributed by atoms with E-state index >= 15 is 0 Å². The number of hydrogen-bond acceptors (Lipinski definition) is 7. The molecule has 1 amide bonds. The van der Waals surface area contributed by atoms with E-state index in [1.165, 1.54) is 24.3 Å². The maximum absolute atomic E-state index is 13.0. The first kappa shape index (κ1) is 23.1. The maximum Gasteiger partial charge on any atom is 0.416 e. The van der Waals surface area contributed by atoms with Crippen LogP contribution in [0.5, 0.6) is 11.6 Å². The number of amides is 1. The fraction of sp³-hybridized carbons (Fsp3) is 0.120. The van der Waals surface area contributed by atoms with Gasteiger partial charge in [-0.25, -0.2) is 4.98 Å². The molecule has 8 nitrogen and oxygen atoms in total. The van der Waals surface area contributed by atoms with Crippen molar-refractivity contribution in [2.75, 3.05) is 5.32 Å². The van der Waals surface area contributed by atoms with Crippen LogP contribution in [0.3, 0.4) is 0 Å². The van der Waals surface area contributed by atoms with E-state index in [1.54, 1.807) is 30.6 Å². The number of carbonyl (C=O) groups excluding carboxylic acids is 1. The SMILES string of the molecule is CC1N=Nc2c(Oc3cccc(C(=O)Nc4cccc(C(F)(F)F)c4)c3)nc(-c3cccnc3)nc21. The highest BCUT2D eigenvalue weighted by Gasteiger charge is 2.30. The molecule has 0 radical (unpaired) electrons. The molecule has 1 unspecified atom stereocenters. The van der Waals surface area contributed by atoms with Gasteiger partial charge in [0, 0.05) is 29.2 Å². The highest BCUT2D eigenvalue weighted by molar-refractivity contribution is 6.04. The van der Waals surface area contributed by atoms with Crippen LogP contribution in [0.15, 0.2) is 83.3 Å². The van der Waals surface area contributed by atoms with E-state index in [0.29, 0.717) is 22.8 Å². The van der Waals surface area contributed by atoms with Gasteiger partial charge in [0.1, 0.15) is 17.5 Å². The Kier molecular flexibility index (Phi) is 5.88. The number of halogens is 3. The van der Waals surface area contributed by atoms with Crippen LogP contribution in [0.1, 0.15) is 34.6 Å². The minimum atomic E-state index is -4.52. The number of pyridine rings is 1. The van der Waals surface area contributed by atoms with E-state index in [9.17, 15) is 18.0 Å². The summed E-state index contributed by atoms with van der Waals surface area (Å²) in [4.78, 5) is 25.9. The molecule has 0 fully saturated rings. The van der Waals surface area contributed by atoms with Crippen LogP contribution < -0.4 is 10.1 Å². The molecule has 11 heteroatoms. The van der Waals surface area contributed by atoms with Gasteiger partial charge in [-0.1, -0.05) is 12.1 Å². The van der Waals surface area contributed by atoms with E-state index in [1.807, 2.05) is 13.0 Å². The van der Waals surface area contributed by atoms with Gasteiger partial charge in [-0.3, -0.25) is 9.78 Å². The summed E-state index contributed by atoms with van der Waals surface area (Å²) in [6, 6.07) is 13.9. The molecular formula is C25H17F3N6O2. The predicted molar refractivity (Wildman–Crippen MR) is 124 cm³/mol. The van der Waals surface area contributed by atoms with Crippen LogP contribution in [-0.2, 0) is 6.18 Å². The quantitative estimate of drug-likeness (QED) is 0.333. The van der Waals surface area contributed by atoms with Gasteiger partial charge >= 0.3 is 6.18 Å². The van der Waals surface area contributed by atoms with E-state index in [-0.39, 0.29) is 28.9 Å². The van der Waals surface area contributed by atoms with Gasteiger partial charge in [0.05, 0.1) is 5.56 Å². The van der Waals surface area contributed by atoms with Crippen molar-refractivity contribution in [3.05, 3.63) is 89.9 Å². The van der Waals surface area contributed by atoms with Gasteiger partial charge in [0.15, 0.2) is 11.5 Å². The topological polar surface area (TPSA) is 102 Å². The number of nitrogens with zero attached hydrogens (tertiary/aromatic N) is 5. The number of nitrogens with one attached hydrogen (secondary N) is 1. The van der Waals surface area contributed by atoms with Gasteiger partial charge in [-0.2, -0.15) is 23.3 Å². The zero-order chi connectivity index (χ0) is 25.3. The van der Waals surface area contributed by atoms with Crippen LogP contribution in [0.4, 0.5) is 24.5 Å². The van der Waals surface area contributed by atoms with Gasteiger partial charge in [-0.15, -0.1) is 5.11 Å². The minimum Gasteiger partial charge on any atom is -0.437 e. The van der Waals surface area contributed by atoms with Crippen LogP contribution in [0.2, 0.25) is 0 Å². The Balaban J connectivity index is 1.42. The highest BCUT2D eigenvalue weighted by atomic mass is 19.4. The summed E-state index contributed by atoms with van der Waals surface area (Å²) in [5.74, 6) is 0.216. The smallest absolute Gasteiger partial charge is 0.416 e. The van der Waals surface area contributed by atoms with Crippen LogP contribution in [-0.4, -0.2) is 20.9 Å². The number of ether oxygens (including phenoxy) is 1. The molecule has 5 rings (SSSR count). The lowest BCUT2D eigenvalue weighted by Crippen LogP contribution is -2.13. The summed E-state index contributed by atoms with van der Waals surface area (Å²) >= 11 is 0. The van der Waals surface area contributed by atoms with Gasteiger partial charge < -0.3 is 10.1 Å². The van der Waals surface area contributed by atoms with Crippen LogP contribution in [0, 0.1) is 0 Å². The number of anilines is 1. The summed E-state index contributed by atoms with van der Waals surface area (Å²) in [6.07, 6.45) is -1.26. The zero-order valence-corrected chi connectivity index (χ0v) is 18.7. The molecule has 4 aromatic rings. The first-order chi connectivity index (χ1) is 17.3. The summed E-state index contributed by atoms with van der Waals surface area (Å²) in [5.41, 5.74) is 0.996. The third-order valence-electron chi connectivity index (χ3n) is 5.28. The Labute approximate surface area is 202 Å². The number of fused-ring (bicyclic) bond motifs is 1. The molecule has 36 heavy (non-hydrogen) atoms. The number of rotatable bonds is 5. The molecule has 1 N–H and O–H groups in total. The summed E-state index contributed by atoms with van der Waals surface area (Å²) in [7, 11) is 0. The average molecular weight is 490 g/mol. The van der Waals surface area contributed by atoms with Gasteiger partial charge in [-0.05, 0) is 55.5 Å². The Morgan fingerprint density at radius 3 is 2.64 bits per heavy atom. The number of carbonyl (C=O) groups is 1. The normalized spacial score (nSPS) is 14.4. The average Bonchev–Trinajstić information content (AvgIpc) is 3.25. The second-order valence-electron chi connectivity index (χ2n) is 7.88. The number of aromatic nitrogens is 3. The number of hydrogen-bond donors (Lipinski definition) is 1. The Morgan fingerprint density at radius 2 is 1.86 bits per heavy atom. The van der Waals surface area contributed by atoms with E-state index in [4.69, 9.17) is 4.74 Å². The van der Waals surface area contributed by atoms with Gasteiger partial charge in [0.25, 0.3) is 11.8 Å². The molecule has 180 valence electrons. The van der Waals surface area contributed by atoms with Gasteiger partial charge in [0.2, 0.25) is 0 Å². The highest BCUT2D eigenvalue weighted by Crippen LogP contribution is 2.42. The minimum absolute atomic E-state index is 0.0188. The predicted octanol–water partition coefficient (Wildman–Crippen LogP) is 6.76. The van der Waals surface area contributed by atoms with Crippen molar-refractivity contribution in [3.8, 4) is 23.0 Å². The van der Waals surface area contributed by atoms with Crippen molar-refractivity contribution in [3.63, 3.8) is 0 Å². The van der Waals surface area contributed by atoms with E-state index < -0.39 is 17.6 Å². The second-order valence-corrected chi connectivity index (χ2v) is 7.88. The molecule has 1 aliphatic rings. The lowest BCUT2D eigenvalue weighted by molar-refractivity contribution is -0.137. The van der Waals surface area contributed by atoms with Crippen molar-refractivity contribution in [2.24, 2.45) is 10.2 Å². The summed E-state index contributed by atoms with van der Waals surface area (Å²) < 4.78 is 44.9. The molecule has 0 bridgehead atoms. The molecule has 0 saturated carbocycles. The molecule has 2 aromatic heterocycles. The van der Waals surface area contributed by atoms with Crippen molar-refractivity contribution >= 4 is 17.3 Å². The largest absolute Gasteiger partial charge is 0.437 e. The third kappa shape index (κ3) is 4.76. The van der Waals surface area contributed by atoms with E-state index in [2.05, 4.69) is 30.5 Å². The fourth-order valence-electron chi connectivity index (χ4n) is 3.52. The van der Waals surface area contributed by atoms with Crippen molar-refractivity contribution < 1.29 is 22.7 Å². The number of benzene rings is 2. The molecule has 2 aromatic carbocycles. The molecule has 1 aliphatic heterocycles. The molecule has 0 spiro atoms. The summed E-state index contributed by atoms with van der Waals surface area (Å²) in [6.45, 7) is 1.85. The second kappa shape index (κ2) is 9.17. The first-order valence-corrected chi connectivity index (χ1v) is 10.8. The number of azo groups is 1. The molecule has 0 aliphatic carbocycles. The lowest BCUT2D eigenvalue weighted by atomic mass is 10.1. The van der Waals surface area contributed by atoms with E-state index in [0.717, 1.165) is 12.1 Å². The number of alkyl halides is 3. The monoisotopic (exact) mass is 490 g/mol. The molecule has 3 heterocycles. The summed E-state index contributed by atoms with van der Waals surface area (Å²) in [5, 5.41) is 10.8. The zero-order valence-electron chi connectivity index (χ0n) is 18.7. The van der Waals surface area contributed by atoms with Crippen molar-refractivity contribution in [1.82, 2.24) is 15.0 Å². The molecule has 0 saturated heterocycles. The lowest BCUT2D eigenvalue weighted by Gasteiger charge is -2.12.